The molecule has 1 saturated carbocycles. The predicted octanol–water partition coefficient (Wildman–Crippen LogP) is 2.56. The van der Waals surface area contributed by atoms with Crippen LogP contribution in [0.3, 0.4) is 0 Å². The third kappa shape index (κ3) is 2.07. The predicted molar refractivity (Wildman–Crippen MR) is 61.1 cm³/mol. The van der Waals surface area contributed by atoms with Crippen LogP contribution in [-0.2, 0) is 10.2 Å². The van der Waals surface area contributed by atoms with Crippen molar-refractivity contribution in [2.24, 2.45) is 0 Å². The van der Waals surface area contributed by atoms with Gasteiger partial charge in [0.05, 0.1) is 11.0 Å². The van der Waals surface area contributed by atoms with Gasteiger partial charge in [-0.1, -0.05) is 12.8 Å². The number of aliphatic carboxylic acids is 1. The van der Waals surface area contributed by atoms with Gasteiger partial charge in [0, 0.05) is 0 Å². The lowest BCUT2D eigenvalue weighted by atomic mass is 9.78. The van der Waals surface area contributed by atoms with E-state index in [9.17, 15) is 23.5 Å². The van der Waals surface area contributed by atoms with E-state index in [2.05, 4.69) is 0 Å². The SMILES string of the molecule is O=C(O)c1cc(C2(C(=O)O)CCCC2)cc(F)c1F. The smallest absolute Gasteiger partial charge is 0.338 e. The number of hydrogen-bond acceptors (Lipinski definition) is 2. The van der Waals surface area contributed by atoms with E-state index in [1.807, 2.05) is 0 Å². The Bertz CT molecular complexity index is 548. The van der Waals surface area contributed by atoms with Crippen molar-refractivity contribution in [2.75, 3.05) is 0 Å². The highest BCUT2D eigenvalue weighted by atomic mass is 19.2. The fourth-order valence-electron chi connectivity index (χ4n) is 2.63. The second-order valence-corrected chi connectivity index (χ2v) is 4.72. The van der Waals surface area contributed by atoms with Crippen LogP contribution >= 0.6 is 0 Å². The molecule has 0 aliphatic heterocycles. The van der Waals surface area contributed by atoms with Gasteiger partial charge in [-0.05, 0) is 30.5 Å². The van der Waals surface area contributed by atoms with Crippen molar-refractivity contribution in [1.29, 1.82) is 0 Å². The molecule has 0 aromatic heterocycles. The fraction of sp³-hybridized carbons (Fsp3) is 0.385. The zero-order valence-electron chi connectivity index (χ0n) is 9.95. The minimum atomic E-state index is -1.61. The normalized spacial score (nSPS) is 17.4. The first-order chi connectivity index (χ1) is 8.88. The standard InChI is InChI=1S/C13H12F2O4/c14-9-6-7(5-8(10(9)15)11(16)17)13(12(18)19)3-1-2-4-13/h5-6H,1-4H2,(H,16,17)(H,18,19). The molecule has 0 bridgehead atoms. The molecule has 19 heavy (non-hydrogen) atoms. The summed E-state index contributed by atoms with van der Waals surface area (Å²) in [6, 6.07) is 1.72. The minimum absolute atomic E-state index is 0.0220. The van der Waals surface area contributed by atoms with Crippen molar-refractivity contribution < 1.29 is 28.6 Å². The monoisotopic (exact) mass is 270 g/mol. The molecular formula is C13H12F2O4. The molecule has 0 unspecified atom stereocenters. The molecule has 0 spiro atoms. The Morgan fingerprint density at radius 2 is 1.68 bits per heavy atom. The number of aromatic carboxylic acids is 1. The molecule has 102 valence electrons. The van der Waals surface area contributed by atoms with Gasteiger partial charge < -0.3 is 10.2 Å². The number of carboxylic acids is 2. The number of halogens is 2. The quantitative estimate of drug-likeness (QED) is 0.885. The van der Waals surface area contributed by atoms with Crippen LogP contribution in [0.25, 0.3) is 0 Å². The molecule has 0 saturated heterocycles. The molecular weight excluding hydrogens is 258 g/mol. The third-order valence-electron chi connectivity index (χ3n) is 3.68. The Morgan fingerprint density at radius 3 is 2.16 bits per heavy atom. The molecule has 1 aliphatic carbocycles. The second kappa shape index (κ2) is 4.60. The Morgan fingerprint density at radius 1 is 1.11 bits per heavy atom. The molecule has 0 atom stereocenters. The molecule has 6 heteroatoms. The van der Waals surface area contributed by atoms with Gasteiger partial charge in [0.1, 0.15) is 0 Å². The first-order valence-corrected chi connectivity index (χ1v) is 5.85. The molecule has 4 nitrogen and oxygen atoms in total. The first-order valence-electron chi connectivity index (χ1n) is 5.85. The lowest BCUT2D eigenvalue weighted by molar-refractivity contribution is -0.143. The summed E-state index contributed by atoms with van der Waals surface area (Å²) in [5.74, 6) is -5.54. The highest BCUT2D eigenvalue weighted by Crippen LogP contribution is 2.42. The van der Waals surface area contributed by atoms with Crippen LogP contribution < -0.4 is 0 Å². The van der Waals surface area contributed by atoms with Crippen LogP contribution in [0, 0.1) is 11.6 Å². The molecule has 0 amide bonds. The Balaban J connectivity index is 2.62. The van der Waals surface area contributed by atoms with Crippen molar-refractivity contribution in [2.45, 2.75) is 31.1 Å². The number of carboxylic acid groups (broad SMARTS) is 2. The Labute approximate surface area is 107 Å². The molecule has 2 N–H and O–H groups in total. The molecule has 0 heterocycles. The lowest BCUT2D eigenvalue weighted by Crippen LogP contribution is -2.33. The zero-order chi connectivity index (χ0) is 14.2. The van der Waals surface area contributed by atoms with Crippen molar-refractivity contribution in [3.63, 3.8) is 0 Å². The van der Waals surface area contributed by atoms with E-state index >= 15 is 0 Å². The first kappa shape index (κ1) is 13.5. The van der Waals surface area contributed by atoms with Gasteiger partial charge in [-0.25, -0.2) is 13.6 Å². The van der Waals surface area contributed by atoms with E-state index in [1.54, 1.807) is 0 Å². The number of carbonyl (C=O) groups is 2. The van der Waals surface area contributed by atoms with Gasteiger partial charge in [0.2, 0.25) is 0 Å². The molecule has 1 fully saturated rings. The Kier molecular flexibility index (Phi) is 3.26. The summed E-state index contributed by atoms with van der Waals surface area (Å²) >= 11 is 0. The van der Waals surface area contributed by atoms with Crippen LogP contribution in [0.5, 0.6) is 0 Å². The van der Waals surface area contributed by atoms with Gasteiger partial charge in [0.15, 0.2) is 11.6 Å². The highest BCUT2D eigenvalue weighted by molar-refractivity contribution is 5.89. The van der Waals surface area contributed by atoms with Crippen molar-refractivity contribution in [3.05, 3.63) is 34.9 Å². The second-order valence-electron chi connectivity index (χ2n) is 4.72. The van der Waals surface area contributed by atoms with Crippen LogP contribution in [-0.4, -0.2) is 22.2 Å². The summed E-state index contributed by atoms with van der Waals surface area (Å²) in [5.41, 5.74) is -2.12. The number of rotatable bonds is 3. The summed E-state index contributed by atoms with van der Waals surface area (Å²) in [6.07, 6.45) is 1.92. The van der Waals surface area contributed by atoms with E-state index in [0.29, 0.717) is 25.7 Å². The maximum atomic E-state index is 13.5. The zero-order valence-corrected chi connectivity index (χ0v) is 9.95. The van der Waals surface area contributed by atoms with E-state index in [4.69, 9.17) is 5.11 Å². The van der Waals surface area contributed by atoms with Gasteiger partial charge in [-0.2, -0.15) is 0 Å². The topological polar surface area (TPSA) is 74.6 Å². The average molecular weight is 270 g/mol. The largest absolute Gasteiger partial charge is 0.481 e. The minimum Gasteiger partial charge on any atom is -0.481 e. The maximum absolute atomic E-state index is 13.5. The van der Waals surface area contributed by atoms with Crippen LogP contribution in [0.1, 0.15) is 41.6 Å². The van der Waals surface area contributed by atoms with Gasteiger partial charge in [-0.3, -0.25) is 4.79 Å². The summed E-state index contributed by atoms with van der Waals surface area (Å²) < 4.78 is 26.8. The highest BCUT2D eigenvalue weighted by Gasteiger charge is 2.43. The van der Waals surface area contributed by atoms with Crippen molar-refractivity contribution >= 4 is 11.9 Å². The maximum Gasteiger partial charge on any atom is 0.338 e. The molecule has 1 aliphatic rings. The van der Waals surface area contributed by atoms with Gasteiger partial charge >= 0.3 is 11.9 Å². The molecule has 1 aromatic rings. The van der Waals surface area contributed by atoms with Crippen LogP contribution in [0.15, 0.2) is 12.1 Å². The number of benzene rings is 1. The van der Waals surface area contributed by atoms with E-state index in [1.165, 1.54) is 0 Å². The van der Waals surface area contributed by atoms with E-state index in [0.717, 1.165) is 12.1 Å². The van der Waals surface area contributed by atoms with Crippen molar-refractivity contribution in [1.82, 2.24) is 0 Å². The van der Waals surface area contributed by atoms with Crippen molar-refractivity contribution in [3.8, 4) is 0 Å². The summed E-state index contributed by atoms with van der Waals surface area (Å²) in [5, 5.41) is 18.2. The number of hydrogen-bond donors (Lipinski definition) is 2. The van der Waals surface area contributed by atoms with Crippen LogP contribution in [0.2, 0.25) is 0 Å². The van der Waals surface area contributed by atoms with E-state index < -0.39 is 34.6 Å². The molecule has 2 rings (SSSR count). The third-order valence-corrected chi connectivity index (χ3v) is 3.68. The Hall–Kier alpha value is -1.98. The van der Waals surface area contributed by atoms with E-state index in [-0.39, 0.29) is 5.56 Å². The van der Waals surface area contributed by atoms with Gasteiger partial charge in [-0.15, -0.1) is 0 Å². The summed E-state index contributed by atoms with van der Waals surface area (Å²) in [6.45, 7) is 0. The van der Waals surface area contributed by atoms with Gasteiger partial charge in [0.25, 0.3) is 0 Å². The fourth-order valence-corrected chi connectivity index (χ4v) is 2.63. The molecule has 0 radical (unpaired) electrons. The molecule has 1 aromatic carbocycles. The average Bonchev–Trinajstić information content (AvgIpc) is 2.82. The van der Waals surface area contributed by atoms with Crippen LogP contribution in [0.4, 0.5) is 8.78 Å². The summed E-state index contributed by atoms with van der Waals surface area (Å²) in [4.78, 5) is 22.3. The lowest BCUT2D eigenvalue weighted by Gasteiger charge is -2.24. The summed E-state index contributed by atoms with van der Waals surface area (Å²) in [7, 11) is 0.